The summed E-state index contributed by atoms with van der Waals surface area (Å²) in [5.74, 6) is 0. The van der Waals surface area contributed by atoms with Crippen LogP contribution in [0, 0.1) is 6.92 Å². The van der Waals surface area contributed by atoms with Crippen molar-refractivity contribution in [3.05, 3.63) is 48.0 Å². The maximum absolute atomic E-state index is 4.35. The number of imidazole rings is 1. The first-order valence-electron chi connectivity index (χ1n) is 6.50. The zero-order valence-corrected chi connectivity index (χ0v) is 11.0. The van der Waals surface area contributed by atoms with Crippen molar-refractivity contribution in [2.24, 2.45) is 0 Å². The van der Waals surface area contributed by atoms with Crippen LogP contribution in [0.5, 0.6) is 0 Å². The summed E-state index contributed by atoms with van der Waals surface area (Å²) in [6.07, 6.45) is 5.10. The van der Waals surface area contributed by atoms with Gasteiger partial charge in [-0.2, -0.15) is 0 Å². The fourth-order valence-corrected chi connectivity index (χ4v) is 2.69. The third-order valence-corrected chi connectivity index (χ3v) is 3.94. The molecule has 0 radical (unpaired) electrons. The Labute approximate surface area is 108 Å². The van der Waals surface area contributed by atoms with Crippen molar-refractivity contribution in [1.82, 2.24) is 14.9 Å². The topological polar surface area (TPSA) is 29.9 Å². The van der Waals surface area contributed by atoms with Crippen LogP contribution < -0.4 is 5.32 Å². The van der Waals surface area contributed by atoms with Gasteiger partial charge in [0.05, 0.1) is 6.33 Å². The molecule has 2 aromatic rings. The van der Waals surface area contributed by atoms with Crippen molar-refractivity contribution >= 4 is 0 Å². The van der Waals surface area contributed by atoms with E-state index in [0.717, 1.165) is 13.1 Å². The highest BCUT2D eigenvalue weighted by atomic mass is 15.1. The molecule has 18 heavy (non-hydrogen) atoms. The zero-order chi connectivity index (χ0) is 12.6. The first-order chi connectivity index (χ1) is 8.69. The summed E-state index contributed by atoms with van der Waals surface area (Å²) >= 11 is 0. The number of nitrogens with zero attached hydrogens (tertiary/aromatic N) is 2. The summed E-state index contributed by atoms with van der Waals surface area (Å²) in [5, 5.41) is 3.45. The summed E-state index contributed by atoms with van der Waals surface area (Å²) in [7, 11) is 0. The molecule has 1 N–H and O–H groups in total. The monoisotopic (exact) mass is 241 g/mol. The van der Waals surface area contributed by atoms with Crippen molar-refractivity contribution < 1.29 is 0 Å². The van der Waals surface area contributed by atoms with Crippen molar-refractivity contribution in [3.63, 3.8) is 0 Å². The second-order valence-corrected chi connectivity index (χ2v) is 5.47. The Morgan fingerprint density at radius 3 is 2.72 bits per heavy atom. The SMILES string of the molecule is Cc1ccc(-n2cncc2C2(C)CCNC2)cc1. The van der Waals surface area contributed by atoms with Gasteiger partial charge in [-0.25, -0.2) is 4.98 Å². The van der Waals surface area contributed by atoms with E-state index in [9.17, 15) is 0 Å². The van der Waals surface area contributed by atoms with Crippen LogP contribution in [0.2, 0.25) is 0 Å². The fraction of sp³-hybridized carbons (Fsp3) is 0.400. The first kappa shape index (κ1) is 11.5. The average molecular weight is 241 g/mol. The van der Waals surface area contributed by atoms with Crippen molar-refractivity contribution in [3.8, 4) is 5.69 Å². The van der Waals surface area contributed by atoms with Crippen LogP contribution in [-0.2, 0) is 5.41 Å². The summed E-state index contributed by atoms with van der Waals surface area (Å²) in [5.41, 5.74) is 3.98. The van der Waals surface area contributed by atoms with Crippen LogP contribution in [0.4, 0.5) is 0 Å². The minimum Gasteiger partial charge on any atom is -0.316 e. The summed E-state index contributed by atoms with van der Waals surface area (Å²) in [6.45, 7) is 6.55. The van der Waals surface area contributed by atoms with Crippen LogP contribution in [0.25, 0.3) is 5.69 Å². The van der Waals surface area contributed by atoms with Gasteiger partial charge in [-0.15, -0.1) is 0 Å². The smallest absolute Gasteiger partial charge is 0.0994 e. The molecule has 3 rings (SSSR count). The van der Waals surface area contributed by atoms with Crippen molar-refractivity contribution in [2.45, 2.75) is 25.7 Å². The molecule has 0 amide bonds. The predicted molar refractivity (Wildman–Crippen MR) is 73.1 cm³/mol. The molecule has 1 aliphatic heterocycles. The maximum Gasteiger partial charge on any atom is 0.0994 e. The highest BCUT2D eigenvalue weighted by molar-refractivity contribution is 5.37. The van der Waals surface area contributed by atoms with Gasteiger partial charge in [0.2, 0.25) is 0 Å². The van der Waals surface area contributed by atoms with E-state index in [1.165, 1.54) is 23.4 Å². The summed E-state index contributed by atoms with van der Waals surface area (Å²) < 4.78 is 2.21. The van der Waals surface area contributed by atoms with Gasteiger partial charge in [0, 0.05) is 29.5 Å². The molecule has 3 heteroatoms. The van der Waals surface area contributed by atoms with Gasteiger partial charge in [0.1, 0.15) is 0 Å². The van der Waals surface area contributed by atoms with E-state index in [0.29, 0.717) is 0 Å². The second-order valence-electron chi connectivity index (χ2n) is 5.47. The van der Waals surface area contributed by atoms with Crippen LogP contribution >= 0.6 is 0 Å². The molecule has 1 aliphatic rings. The van der Waals surface area contributed by atoms with E-state index in [2.05, 4.69) is 53.0 Å². The molecular formula is C15H19N3. The number of benzene rings is 1. The van der Waals surface area contributed by atoms with E-state index in [4.69, 9.17) is 0 Å². The molecule has 1 atom stereocenters. The third kappa shape index (κ3) is 1.85. The maximum atomic E-state index is 4.35. The number of aryl methyl sites for hydroxylation is 1. The van der Waals surface area contributed by atoms with E-state index in [-0.39, 0.29) is 5.41 Å². The molecule has 1 unspecified atom stereocenters. The van der Waals surface area contributed by atoms with E-state index in [1.54, 1.807) is 0 Å². The van der Waals surface area contributed by atoms with Crippen LogP contribution in [0.15, 0.2) is 36.8 Å². The van der Waals surface area contributed by atoms with E-state index < -0.39 is 0 Å². The second kappa shape index (κ2) is 4.25. The molecule has 0 spiro atoms. The predicted octanol–water partition coefficient (Wildman–Crippen LogP) is 2.43. The number of hydrogen-bond acceptors (Lipinski definition) is 2. The highest BCUT2D eigenvalue weighted by Gasteiger charge is 2.33. The molecule has 2 heterocycles. The zero-order valence-electron chi connectivity index (χ0n) is 11.0. The van der Waals surface area contributed by atoms with Crippen LogP contribution in [-0.4, -0.2) is 22.6 Å². The molecule has 3 nitrogen and oxygen atoms in total. The Bertz CT molecular complexity index is 533. The minimum atomic E-state index is 0.196. The van der Waals surface area contributed by atoms with Crippen LogP contribution in [0.1, 0.15) is 24.6 Å². The van der Waals surface area contributed by atoms with Crippen molar-refractivity contribution in [1.29, 1.82) is 0 Å². The molecule has 0 saturated carbocycles. The summed E-state index contributed by atoms with van der Waals surface area (Å²) in [4.78, 5) is 4.35. The van der Waals surface area contributed by atoms with Crippen LogP contribution in [0.3, 0.4) is 0 Å². The third-order valence-electron chi connectivity index (χ3n) is 3.94. The van der Waals surface area contributed by atoms with Gasteiger partial charge in [-0.1, -0.05) is 24.6 Å². The number of aromatic nitrogens is 2. The Morgan fingerprint density at radius 2 is 2.06 bits per heavy atom. The van der Waals surface area contributed by atoms with E-state index in [1.807, 2.05) is 12.5 Å². The Kier molecular flexibility index (Phi) is 2.71. The van der Waals surface area contributed by atoms with Gasteiger partial charge in [0.15, 0.2) is 0 Å². The molecule has 1 saturated heterocycles. The van der Waals surface area contributed by atoms with E-state index >= 15 is 0 Å². The Hall–Kier alpha value is -1.61. The normalized spacial score (nSPS) is 23.4. The van der Waals surface area contributed by atoms with Gasteiger partial charge in [0.25, 0.3) is 0 Å². The lowest BCUT2D eigenvalue weighted by molar-refractivity contribution is 0.499. The first-order valence-corrected chi connectivity index (χ1v) is 6.50. The van der Waals surface area contributed by atoms with Crippen molar-refractivity contribution in [2.75, 3.05) is 13.1 Å². The number of rotatable bonds is 2. The van der Waals surface area contributed by atoms with Gasteiger partial charge in [-0.05, 0) is 32.0 Å². The van der Waals surface area contributed by atoms with Gasteiger partial charge in [-0.3, -0.25) is 0 Å². The molecule has 0 aliphatic carbocycles. The quantitative estimate of drug-likeness (QED) is 0.875. The molecule has 1 aromatic carbocycles. The lowest BCUT2D eigenvalue weighted by Gasteiger charge is -2.24. The lowest BCUT2D eigenvalue weighted by Crippen LogP contribution is -2.27. The molecule has 1 fully saturated rings. The lowest BCUT2D eigenvalue weighted by atomic mass is 9.86. The summed E-state index contributed by atoms with van der Waals surface area (Å²) in [6, 6.07) is 8.61. The minimum absolute atomic E-state index is 0.196. The molecule has 0 bridgehead atoms. The molecule has 94 valence electrons. The molecule has 1 aromatic heterocycles. The fourth-order valence-electron chi connectivity index (χ4n) is 2.69. The highest BCUT2D eigenvalue weighted by Crippen LogP contribution is 2.31. The molecular weight excluding hydrogens is 222 g/mol. The Balaban J connectivity index is 2.03. The average Bonchev–Trinajstić information content (AvgIpc) is 2.99. The largest absolute Gasteiger partial charge is 0.316 e. The Morgan fingerprint density at radius 1 is 1.28 bits per heavy atom. The number of hydrogen-bond donors (Lipinski definition) is 1. The number of nitrogens with one attached hydrogen (secondary N) is 1. The standard InChI is InChI=1S/C15H19N3/c1-12-3-5-13(6-4-12)18-11-17-9-14(18)15(2)7-8-16-10-15/h3-6,9,11,16H,7-8,10H2,1-2H3. The van der Waals surface area contributed by atoms with Gasteiger partial charge < -0.3 is 9.88 Å². The van der Waals surface area contributed by atoms with Gasteiger partial charge >= 0.3 is 0 Å².